The van der Waals surface area contributed by atoms with Gasteiger partial charge in [-0.05, 0) is 6.92 Å². The standard InChI is InChI=1S/C6H13.C2H4O2.2ClH.Ni/c1-3-5-6-4-2;1-2(3)4;;;/h1,3-6H2,2H3;1H3,(H,3,4);2*1H;/q-1;;;;+3/p-3. The SMILES string of the molecule is CC(=O)[O-].[CH2-]CCCCC.[Cl-].[Cl-].[Ni+3]. The van der Waals surface area contributed by atoms with E-state index < -0.39 is 5.97 Å². The summed E-state index contributed by atoms with van der Waals surface area (Å²) in [5.74, 6) is -1.08. The molecule has 0 bridgehead atoms. The zero-order valence-corrected chi connectivity index (χ0v) is 10.4. The number of rotatable bonds is 3. The first-order valence-corrected chi connectivity index (χ1v) is 3.62. The molecule has 0 aliphatic carbocycles. The number of halogens is 2. The van der Waals surface area contributed by atoms with E-state index >= 15 is 0 Å². The fraction of sp³-hybridized carbons (Fsp3) is 0.750. The molecule has 85 valence electrons. The van der Waals surface area contributed by atoms with E-state index in [1.54, 1.807) is 0 Å². The molecule has 0 heterocycles. The summed E-state index contributed by atoms with van der Waals surface area (Å²) < 4.78 is 0. The molecule has 0 aliphatic heterocycles. The number of hydrogen-bond donors (Lipinski definition) is 0. The minimum atomic E-state index is -1.08. The molecule has 0 aromatic carbocycles. The van der Waals surface area contributed by atoms with Crippen LogP contribution < -0.4 is 29.9 Å². The Labute approximate surface area is 104 Å². The van der Waals surface area contributed by atoms with Crippen LogP contribution in [0.2, 0.25) is 0 Å². The van der Waals surface area contributed by atoms with Crippen LogP contribution in [0.15, 0.2) is 0 Å². The van der Waals surface area contributed by atoms with Crippen molar-refractivity contribution in [1.82, 2.24) is 0 Å². The van der Waals surface area contributed by atoms with E-state index in [0.717, 1.165) is 13.3 Å². The Morgan fingerprint density at radius 3 is 1.69 bits per heavy atom. The molecule has 0 aliphatic rings. The van der Waals surface area contributed by atoms with Gasteiger partial charge in [-0.3, -0.25) is 0 Å². The Kier molecular flexibility index (Phi) is 66.0. The van der Waals surface area contributed by atoms with Crippen molar-refractivity contribution in [3.8, 4) is 0 Å². The fourth-order valence-corrected chi connectivity index (χ4v) is 0.427. The first-order chi connectivity index (χ1) is 4.65. The number of aliphatic carboxylic acids is 1. The quantitative estimate of drug-likeness (QED) is 0.294. The number of carboxylic acid groups (broad SMARTS) is 1. The normalized spacial score (nSPS) is 6.08. The third-order valence-corrected chi connectivity index (χ3v) is 0.854. The van der Waals surface area contributed by atoms with Crippen LogP contribution in [0, 0.1) is 6.92 Å². The first-order valence-electron chi connectivity index (χ1n) is 3.62. The Balaban J connectivity index is -0.0000000279. The van der Waals surface area contributed by atoms with Crippen molar-refractivity contribution in [2.45, 2.75) is 39.5 Å². The van der Waals surface area contributed by atoms with Crippen molar-refractivity contribution in [2.75, 3.05) is 0 Å². The van der Waals surface area contributed by atoms with Crippen LogP contribution in [-0.2, 0) is 21.3 Å². The number of hydrogen-bond acceptors (Lipinski definition) is 2. The Morgan fingerprint density at radius 1 is 1.31 bits per heavy atom. The molecular formula is C8H16Cl2NiO2-. The van der Waals surface area contributed by atoms with E-state index in [4.69, 9.17) is 9.90 Å². The predicted octanol–water partition coefficient (Wildman–Crippen LogP) is -4.84. The van der Waals surface area contributed by atoms with Gasteiger partial charge in [0.05, 0.1) is 0 Å². The molecule has 0 saturated carbocycles. The van der Waals surface area contributed by atoms with E-state index in [0.29, 0.717) is 0 Å². The third-order valence-electron chi connectivity index (χ3n) is 0.854. The average Bonchev–Trinajstić information content (AvgIpc) is 1.82. The van der Waals surface area contributed by atoms with Crippen LogP contribution in [0.5, 0.6) is 0 Å². The smallest absolute Gasteiger partial charge is 1.00 e. The Morgan fingerprint density at radius 2 is 1.62 bits per heavy atom. The van der Waals surface area contributed by atoms with Gasteiger partial charge in [0, 0.05) is 5.97 Å². The van der Waals surface area contributed by atoms with Gasteiger partial charge in [0.2, 0.25) is 0 Å². The molecule has 2 nitrogen and oxygen atoms in total. The van der Waals surface area contributed by atoms with Gasteiger partial charge in [0.15, 0.2) is 0 Å². The van der Waals surface area contributed by atoms with Gasteiger partial charge in [-0.15, -0.1) is 0 Å². The van der Waals surface area contributed by atoms with Gasteiger partial charge in [-0.25, -0.2) is 0 Å². The van der Waals surface area contributed by atoms with Gasteiger partial charge in [0.25, 0.3) is 0 Å². The molecule has 0 N–H and O–H groups in total. The number of carbonyl (C=O) groups is 1. The molecule has 0 fully saturated rings. The van der Waals surface area contributed by atoms with Crippen LogP contribution >= 0.6 is 0 Å². The van der Waals surface area contributed by atoms with E-state index in [9.17, 15) is 0 Å². The monoisotopic (exact) mass is 272 g/mol. The summed E-state index contributed by atoms with van der Waals surface area (Å²) in [6.07, 6.45) is 5.07. The van der Waals surface area contributed by atoms with E-state index in [1.807, 2.05) is 0 Å². The van der Waals surface area contributed by atoms with Crippen molar-refractivity contribution < 1.29 is 51.2 Å². The molecule has 13 heavy (non-hydrogen) atoms. The maximum Gasteiger partial charge on any atom is 3.00 e. The molecule has 1 radical (unpaired) electrons. The minimum absolute atomic E-state index is 0. The maximum absolute atomic E-state index is 8.89. The summed E-state index contributed by atoms with van der Waals surface area (Å²) in [5.41, 5.74) is 0. The largest absolute Gasteiger partial charge is 3.00 e. The molecule has 0 atom stereocenters. The van der Waals surface area contributed by atoms with Crippen LogP contribution in [0.1, 0.15) is 39.5 Å². The van der Waals surface area contributed by atoms with Gasteiger partial charge in [-0.2, -0.15) is 6.42 Å². The Hall–Kier alpha value is 0.544. The van der Waals surface area contributed by atoms with E-state index in [1.165, 1.54) is 19.3 Å². The van der Waals surface area contributed by atoms with Crippen LogP contribution in [0.4, 0.5) is 0 Å². The van der Waals surface area contributed by atoms with Crippen LogP contribution in [0.3, 0.4) is 0 Å². The van der Waals surface area contributed by atoms with Crippen molar-refractivity contribution in [2.24, 2.45) is 0 Å². The van der Waals surface area contributed by atoms with Crippen molar-refractivity contribution in [3.05, 3.63) is 6.92 Å². The molecule has 0 rings (SSSR count). The van der Waals surface area contributed by atoms with Crippen LogP contribution in [-0.4, -0.2) is 5.97 Å². The van der Waals surface area contributed by atoms with E-state index in [2.05, 4.69) is 13.8 Å². The zero-order chi connectivity index (χ0) is 8.41. The molecule has 0 saturated heterocycles. The van der Waals surface area contributed by atoms with Gasteiger partial charge in [0.1, 0.15) is 0 Å². The van der Waals surface area contributed by atoms with E-state index in [-0.39, 0.29) is 41.3 Å². The molecule has 0 aromatic rings. The Bertz CT molecular complexity index is 74.5. The summed E-state index contributed by atoms with van der Waals surface area (Å²) in [4.78, 5) is 8.89. The second kappa shape index (κ2) is 29.4. The van der Waals surface area contributed by atoms with Crippen molar-refractivity contribution in [1.29, 1.82) is 0 Å². The molecular weight excluding hydrogens is 258 g/mol. The topological polar surface area (TPSA) is 40.1 Å². The average molecular weight is 274 g/mol. The summed E-state index contributed by atoms with van der Waals surface area (Å²) in [5, 5.41) is 8.89. The van der Waals surface area contributed by atoms with Gasteiger partial charge >= 0.3 is 16.5 Å². The van der Waals surface area contributed by atoms with Crippen LogP contribution in [0.25, 0.3) is 0 Å². The summed E-state index contributed by atoms with van der Waals surface area (Å²) in [6.45, 7) is 6.90. The third kappa shape index (κ3) is 111. The molecule has 0 amide bonds. The predicted molar refractivity (Wildman–Crippen MR) is 40.2 cm³/mol. The van der Waals surface area contributed by atoms with Gasteiger partial charge < -0.3 is 41.6 Å². The summed E-state index contributed by atoms with van der Waals surface area (Å²) in [7, 11) is 0. The fourth-order valence-electron chi connectivity index (χ4n) is 0.427. The minimum Gasteiger partial charge on any atom is -1.00 e. The number of carbonyl (C=O) groups excluding carboxylic acids is 1. The molecule has 0 aromatic heterocycles. The number of unbranched alkanes of at least 4 members (excludes halogenated alkanes) is 3. The second-order valence-corrected chi connectivity index (χ2v) is 2.05. The number of carboxylic acids is 1. The molecule has 5 heteroatoms. The first kappa shape index (κ1) is 29.2. The summed E-state index contributed by atoms with van der Waals surface area (Å²) in [6, 6.07) is 0. The second-order valence-electron chi connectivity index (χ2n) is 2.05. The van der Waals surface area contributed by atoms with Gasteiger partial charge in [-0.1, -0.05) is 26.2 Å². The molecule has 0 spiro atoms. The maximum atomic E-state index is 8.89. The molecule has 0 unspecified atom stereocenters. The van der Waals surface area contributed by atoms with Crippen molar-refractivity contribution in [3.63, 3.8) is 0 Å². The zero-order valence-electron chi connectivity index (χ0n) is 7.92. The van der Waals surface area contributed by atoms with Crippen molar-refractivity contribution >= 4 is 5.97 Å². The summed E-state index contributed by atoms with van der Waals surface area (Å²) >= 11 is 0.